The number of guanidine groups is 1. The van der Waals surface area contributed by atoms with Crippen LogP contribution in [-0.2, 0) is 0 Å². The van der Waals surface area contributed by atoms with Crippen LogP contribution in [-0.4, -0.2) is 18.7 Å². The van der Waals surface area contributed by atoms with E-state index in [2.05, 4.69) is 16.9 Å². The molecule has 3 heteroatoms. The van der Waals surface area contributed by atoms with Gasteiger partial charge in [-0.3, -0.25) is 4.99 Å². The maximum absolute atomic E-state index is 5.38. The first-order valence-electron chi connectivity index (χ1n) is 3.59. The van der Waals surface area contributed by atoms with Gasteiger partial charge < -0.3 is 5.73 Å². The summed E-state index contributed by atoms with van der Waals surface area (Å²) in [5.74, 6) is 0.385. The maximum Gasteiger partial charge on any atom is 0.214 e. The molecule has 0 rings (SSSR count). The standard InChI is InChI=1S/C7H15N3/c1-3-5-6-10-7(8)9-4-2/h4H,3,5-6H2,1-2H3,(H2,8,10). The van der Waals surface area contributed by atoms with E-state index in [0.717, 1.165) is 19.4 Å². The Kier molecular flexibility index (Phi) is 5.72. The molecule has 0 aliphatic rings. The van der Waals surface area contributed by atoms with E-state index in [1.54, 1.807) is 6.21 Å². The lowest BCUT2D eigenvalue weighted by Gasteiger charge is -1.91. The second-order valence-corrected chi connectivity index (χ2v) is 1.98. The molecule has 0 aliphatic carbocycles. The molecule has 0 aromatic carbocycles. The summed E-state index contributed by atoms with van der Waals surface area (Å²) in [6.45, 7) is 4.73. The Morgan fingerprint density at radius 3 is 2.80 bits per heavy atom. The van der Waals surface area contributed by atoms with Crippen LogP contribution < -0.4 is 5.73 Å². The van der Waals surface area contributed by atoms with Gasteiger partial charge in [0.25, 0.3) is 0 Å². The Morgan fingerprint density at radius 1 is 1.60 bits per heavy atom. The first-order valence-corrected chi connectivity index (χ1v) is 3.59. The highest BCUT2D eigenvalue weighted by molar-refractivity contribution is 5.85. The van der Waals surface area contributed by atoms with Gasteiger partial charge in [-0.25, -0.2) is 4.99 Å². The van der Waals surface area contributed by atoms with Crippen molar-refractivity contribution in [3.63, 3.8) is 0 Å². The molecule has 0 amide bonds. The third-order valence-corrected chi connectivity index (χ3v) is 1.05. The fourth-order valence-electron chi connectivity index (χ4n) is 0.525. The normalized spacial score (nSPS) is 12.8. The van der Waals surface area contributed by atoms with Crippen molar-refractivity contribution in [2.45, 2.75) is 26.7 Å². The number of nitrogens with two attached hydrogens (primary N) is 1. The Labute approximate surface area is 62.1 Å². The second-order valence-electron chi connectivity index (χ2n) is 1.98. The molecular weight excluding hydrogens is 126 g/mol. The van der Waals surface area contributed by atoms with Crippen LogP contribution in [0.1, 0.15) is 26.7 Å². The van der Waals surface area contributed by atoms with E-state index in [0.29, 0.717) is 5.96 Å². The summed E-state index contributed by atoms with van der Waals surface area (Å²) in [5, 5.41) is 0. The van der Waals surface area contributed by atoms with E-state index in [9.17, 15) is 0 Å². The maximum atomic E-state index is 5.38. The predicted molar refractivity (Wildman–Crippen MR) is 45.6 cm³/mol. The van der Waals surface area contributed by atoms with Gasteiger partial charge in [-0.2, -0.15) is 0 Å². The molecule has 0 aromatic rings. The zero-order valence-electron chi connectivity index (χ0n) is 6.67. The van der Waals surface area contributed by atoms with Crippen LogP contribution in [0.3, 0.4) is 0 Å². The van der Waals surface area contributed by atoms with Crippen LogP contribution in [0.5, 0.6) is 0 Å². The topological polar surface area (TPSA) is 50.7 Å². The summed E-state index contributed by atoms with van der Waals surface area (Å²) >= 11 is 0. The SMILES string of the molecule is CC=NC(N)=NCCCC. The van der Waals surface area contributed by atoms with Crippen molar-refractivity contribution in [3.05, 3.63) is 0 Å². The number of unbranched alkanes of at least 4 members (excludes halogenated alkanes) is 1. The fraction of sp³-hybridized carbons (Fsp3) is 0.714. The van der Waals surface area contributed by atoms with Crippen molar-refractivity contribution >= 4 is 12.2 Å². The monoisotopic (exact) mass is 141 g/mol. The Balaban J connectivity index is 3.47. The van der Waals surface area contributed by atoms with Gasteiger partial charge in [-0.1, -0.05) is 13.3 Å². The van der Waals surface area contributed by atoms with Crippen molar-refractivity contribution in [1.29, 1.82) is 0 Å². The first kappa shape index (κ1) is 9.14. The number of nitrogens with zero attached hydrogens (tertiary/aromatic N) is 2. The van der Waals surface area contributed by atoms with E-state index in [-0.39, 0.29) is 0 Å². The number of aliphatic imine (C=N–C) groups is 2. The first-order chi connectivity index (χ1) is 4.81. The minimum absolute atomic E-state index is 0.385. The number of hydrogen-bond acceptors (Lipinski definition) is 1. The average molecular weight is 141 g/mol. The Morgan fingerprint density at radius 2 is 2.30 bits per heavy atom. The van der Waals surface area contributed by atoms with Gasteiger partial charge in [0, 0.05) is 12.8 Å². The van der Waals surface area contributed by atoms with Crippen molar-refractivity contribution < 1.29 is 0 Å². The number of hydrogen-bond donors (Lipinski definition) is 1. The molecular formula is C7H15N3. The van der Waals surface area contributed by atoms with Crippen LogP contribution in [0.25, 0.3) is 0 Å². The van der Waals surface area contributed by atoms with Crippen LogP contribution in [0.15, 0.2) is 9.98 Å². The summed E-state index contributed by atoms with van der Waals surface area (Å²) in [6.07, 6.45) is 3.87. The van der Waals surface area contributed by atoms with Crippen LogP contribution in [0.2, 0.25) is 0 Å². The van der Waals surface area contributed by atoms with Crippen molar-refractivity contribution in [2.75, 3.05) is 6.54 Å². The van der Waals surface area contributed by atoms with Crippen molar-refractivity contribution in [2.24, 2.45) is 15.7 Å². The largest absolute Gasteiger partial charge is 0.368 e. The number of rotatable bonds is 3. The summed E-state index contributed by atoms with van der Waals surface area (Å²) in [7, 11) is 0. The molecule has 0 saturated heterocycles. The smallest absolute Gasteiger partial charge is 0.214 e. The zero-order valence-corrected chi connectivity index (χ0v) is 6.67. The summed E-state index contributed by atoms with van der Waals surface area (Å²) in [5.41, 5.74) is 5.38. The van der Waals surface area contributed by atoms with E-state index < -0.39 is 0 Å². The van der Waals surface area contributed by atoms with E-state index >= 15 is 0 Å². The van der Waals surface area contributed by atoms with Crippen molar-refractivity contribution in [3.8, 4) is 0 Å². The molecule has 2 N–H and O–H groups in total. The summed E-state index contributed by atoms with van der Waals surface area (Å²) in [4.78, 5) is 7.80. The van der Waals surface area contributed by atoms with Gasteiger partial charge in [-0.15, -0.1) is 0 Å². The molecule has 58 valence electrons. The van der Waals surface area contributed by atoms with Gasteiger partial charge in [0.2, 0.25) is 5.96 Å². The summed E-state index contributed by atoms with van der Waals surface area (Å²) < 4.78 is 0. The third-order valence-electron chi connectivity index (χ3n) is 1.05. The molecule has 10 heavy (non-hydrogen) atoms. The zero-order chi connectivity index (χ0) is 7.82. The summed E-state index contributed by atoms with van der Waals surface area (Å²) in [6, 6.07) is 0. The quantitative estimate of drug-likeness (QED) is 0.358. The Hall–Kier alpha value is -0.860. The highest BCUT2D eigenvalue weighted by Crippen LogP contribution is 1.86. The lowest BCUT2D eigenvalue weighted by atomic mass is 10.3. The third kappa shape index (κ3) is 5.28. The molecule has 0 spiro atoms. The van der Waals surface area contributed by atoms with Crippen LogP contribution >= 0.6 is 0 Å². The lowest BCUT2D eigenvalue weighted by Crippen LogP contribution is -2.08. The molecule has 0 heterocycles. The Bertz CT molecular complexity index is 127. The van der Waals surface area contributed by atoms with Gasteiger partial charge >= 0.3 is 0 Å². The van der Waals surface area contributed by atoms with Gasteiger partial charge in [-0.05, 0) is 13.3 Å². The van der Waals surface area contributed by atoms with E-state index in [1.165, 1.54) is 0 Å². The molecule has 0 atom stereocenters. The van der Waals surface area contributed by atoms with Gasteiger partial charge in [0.1, 0.15) is 0 Å². The minimum atomic E-state index is 0.385. The predicted octanol–water partition coefficient (Wildman–Crippen LogP) is 1.19. The average Bonchev–Trinajstić information content (AvgIpc) is 1.89. The van der Waals surface area contributed by atoms with E-state index in [1.807, 2.05) is 6.92 Å². The highest BCUT2D eigenvalue weighted by Gasteiger charge is 1.82. The van der Waals surface area contributed by atoms with Gasteiger partial charge in [0.15, 0.2) is 0 Å². The second kappa shape index (κ2) is 6.26. The molecule has 0 saturated carbocycles. The molecule has 0 aliphatic heterocycles. The fourth-order valence-corrected chi connectivity index (χ4v) is 0.525. The van der Waals surface area contributed by atoms with Crippen LogP contribution in [0, 0.1) is 0 Å². The molecule has 0 radical (unpaired) electrons. The molecule has 0 unspecified atom stereocenters. The molecule has 0 fully saturated rings. The van der Waals surface area contributed by atoms with Gasteiger partial charge in [0.05, 0.1) is 0 Å². The lowest BCUT2D eigenvalue weighted by molar-refractivity contribution is 0.806. The molecule has 3 nitrogen and oxygen atoms in total. The van der Waals surface area contributed by atoms with E-state index in [4.69, 9.17) is 5.73 Å². The highest BCUT2D eigenvalue weighted by atomic mass is 15.0. The van der Waals surface area contributed by atoms with Crippen LogP contribution in [0.4, 0.5) is 0 Å². The molecule has 0 aromatic heterocycles. The van der Waals surface area contributed by atoms with Crippen molar-refractivity contribution in [1.82, 2.24) is 0 Å². The molecule has 0 bridgehead atoms. The minimum Gasteiger partial charge on any atom is -0.368 e.